The Morgan fingerprint density at radius 3 is 2.41 bits per heavy atom. The highest BCUT2D eigenvalue weighted by Gasteiger charge is 2.39. The summed E-state index contributed by atoms with van der Waals surface area (Å²) in [6.07, 6.45) is 7.07. The van der Waals surface area contributed by atoms with Gasteiger partial charge in [0.1, 0.15) is 0 Å². The topological polar surface area (TPSA) is 66.4 Å². The fourth-order valence-electron chi connectivity index (χ4n) is 2.20. The lowest BCUT2D eigenvalue weighted by Gasteiger charge is -2.24. The molecule has 1 amide bonds. The van der Waals surface area contributed by atoms with Gasteiger partial charge in [-0.05, 0) is 31.1 Å². The normalized spacial score (nSPS) is 29.7. The second-order valence-corrected chi connectivity index (χ2v) is 5.52. The molecule has 2 aliphatic carbocycles. The molecule has 2 N–H and O–H groups in total. The molecule has 0 bridgehead atoms. The van der Waals surface area contributed by atoms with E-state index in [1.807, 2.05) is 12.2 Å². The fraction of sp³-hybridized carbons (Fsp3) is 0.692. The molecule has 0 aromatic heterocycles. The second kappa shape index (κ2) is 4.51. The molecular formula is C13H19NO3. The smallest absolute Gasteiger partial charge is 0.307 e. The highest BCUT2D eigenvalue weighted by atomic mass is 16.4. The Labute approximate surface area is 101 Å². The molecule has 2 aliphatic rings. The molecule has 0 radical (unpaired) electrons. The number of carboxylic acids is 1. The molecule has 2 rings (SSSR count). The van der Waals surface area contributed by atoms with E-state index in [2.05, 4.69) is 12.2 Å². The zero-order valence-corrected chi connectivity index (χ0v) is 10.1. The highest BCUT2D eigenvalue weighted by Crippen LogP contribution is 2.44. The van der Waals surface area contributed by atoms with E-state index in [4.69, 9.17) is 5.11 Å². The third-order valence-electron chi connectivity index (χ3n) is 3.88. The number of rotatable bonds is 4. The first-order valence-electron chi connectivity index (χ1n) is 6.17. The van der Waals surface area contributed by atoms with Crippen LogP contribution in [0.4, 0.5) is 0 Å². The van der Waals surface area contributed by atoms with Gasteiger partial charge in [0.15, 0.2) is 0 Å². The van der Waals surface area contributed by atoms with Crippen molar-refractivity contribution >= 4 is 11.9 Å². The van der Waals surface area contributed by atoms with E-state index >= 15 is 0 Å². The molecular weight excluding hydrogens is 218 g/mol. The predicted molar refractivity (Wildman–Crippen MR) is 63.3 cm³/mol. The van der Waals surface area contributed by atoms with Gasteiger partial charge in [-0.25, -0.2) is 0 Å². The summed E-state index contributed by atoms with van der Waals surface area (Å²) >= 11 is 0. The van der Waals surface area contributed by atoms with Crippen molar-refractivity contribution < 1.29 is 14.7 Å². The van der Waals surface area contributed by atoms with Gasteiger partial charge >= 0.3 is 5.97 Å². The van der Waals surface area contributed by atoms with E-state index < -0.39 is 17.8 Å². The van der Waals surface area contributed by atoms with Crippen LogP contribution in [-0.2, 0) is 9.59 Å². The summed E-state index contributed by atoms with van der Waals surface area (Å²) in [4.78, 5) is 23.0. The number of amides is 1. The number of aliphatic carboxylic acids is 1. The molecule has 0 saturated heterocycles. The molecule has 0 heterocycles. The monoisotopic (exact) mass is 237 g/mol. The number of hydrogen-bond acceptors (Lipinski definition) is 2. The lowest BCUT2D eigenvalue weighted by Crippen LogP contribution is -2.40. The Morgan fingerprint density at radius 2 is 1.88 bits per heavy atom. The van der Waals surface area contributed by atoms with Crippen molar-refractivity contribution in [3.8, 4) is 0 Å². The highest BCUT2D eigenvalue weighted by molar-refractivity contribution is 5.85. The molecule has 17 heavy (non-hydrogen) atoms. The summed E-state index contributed by atoms with van der Waals surface area (Å²) in [7, 11) is 0. The average molecular weight is 237 g/mol. The maximum atomic E-state index is 12.0. The first kappa shape index (κ1) is 12.1. The number of carboxylic acid groups (broad SMARTS) is 1. The van der Waals surface area contributed by atoms with Crippen LogP contribution in [0.25, 0.3) is 0 Å². The first-order valence-corrected chi connectivity index (χ1v) is 6.17. The lowest BCUT2D eigenvalue weighted by molar-refractivity contribution is -0.147. The van der Waals surface area contributed by atoms with Gasteiger partial charge in [0.25, 0.3) is 0 Å². The van der Waals surface area contributed by atoms with E-state index in [1.54, 1.807) is 0 Å². The zero-order valence-electron chi connectivity index (χ0n) is 10.1. The van der Waals surface area contributed by atoms with Crippen LogP contribution in [0.1, 0.15) is 32.6 Å². The summed E-state index contributed by atoms with van der Waals surface area (Å²) in [5.74, 6) is -1.94. The maximum absolute atomic E-state index is 12.0. The Hall–Kier alpha value is -1.32. The van der Waals surface area contributed by atoms with Crippen molar-refractivity contribution in [3.63, 3.8) is 0 Å². The summed E-state index contributed by atoms with van der Waals surface area (Å²) in [5.41, 5.74) is 0.263. The Kier molecular flexibility index (Phi) is 3.22. The van der Waals surface area contributed by atoms with Crippen LogP contribution < -0.4 is 5.32 Å². The van der Waals surface area contributed by atoms with Crippen molar-refractivity contribution in [1.82, 2.24) is 5.32 Å². The molecule has 4 nitrogen and oxygen atoms in total. The van der Waals surface area contributed by atoms with Crippen molar-refractivity contribution in [2.45, 2.75) is 32.6 Å². The predicted octanol–water partition coefficient (Wildman–Crippen LogP) is 1.57. The van der Waals surface area contributed by atoms with Crippen LogP contribution in [0, 0.1) is 17.3 Å². The van der Waals surface area contributed by atoms with Crippen LogP contribution >= 0.6 is 0 Å². The molecule has 0 aromatic rings. The number of allylic oxidation sites excluding steroid dienone is 2. The fourth-order valence-corrected chi connectivity index (χ4v) is 2.20. The summed E-state index contributed by atoms with van der Waals surface area (Å²) in [6, 6.07) is 0. The van der Waals surface area contributed by atoms with Crippen LogP contribution in [-0.4, -0.2) is 23.5 Å². The van der Waals surface area contributed by atoms with Gasteiger partial charge in [0.2, 0.25) is 5.91 Å². The molecule has 94 valence electrons. The number of hydrogen-bond donors (Lipinski definition) is 2. The third-order valence-corrected chi connectivity index (χ3v) is 3.88. The molecule has 1 fully saturated rings. The molecule has 4 heteroatoms. The second-order valence-electron chi connectivity index (χ2n) is 5.52. The van der Waals surface area contributed by atoms with Gasteiger partial charge in [0.05, 0.1) is 11.8 Å². The maximum Gasteiger partial charge on any atom is 0.307 e. The molecule has 0 aromatic carbocycles. The van der Waals surface area contributed by atoms with Crippen LogP contribution in [0.5, 0.6) is 0 Å². The summed E-state index contributed by atoms with van der Waals surface area (Å²) < 4.78 is 0. The minimum absolute atomic E-state index is 0.102. The van der Waals surface area contributed by atoms with Gasteiger partial charge in [-0.3, -0.25) is 9.59 Å². The van der Waals surface area contributed by atoms with Gasteiger partial charge < -0.3 is 10.4 Å². The SMILES string of the molecule is CC1(CNC(=O)C2CC=CCC2C(=O)O)CC1. The molecule has 0 spiro atoms. The Balaban J connectivity index is 1.92. The lowest BCUT2D eigenvalue weighted by atomic mass is 9.82. The van der Waals surface area contributed by atoms with E-state index in [1.165, 1.54) is 0 Å². The van der Waals surface area contributed by atoms with E-state index in [9.17, 15) is 9.59 Å². The van der Waals surface area contributed by atoms with Crippen LogP contribution in [0.2, 0.25) is 0 Å². The quantitative estimate of drug-likeness (QED) is 0.729. The van der Waals surface area contributed by atoms with E-state index in [0.717, 1.165) is 12.8 Å². The van der Waals surface area contributed by atoms with E-state index in [0.29, 0.717) is 19.4 Å². The van der Waals surface area contributed by atoms with Gasteiger partial charge in [-0.2, -0.15) is 0 Å². The minimum atomic E-state index is -0.868. The molecule has 1 saturated carbocycles. The van der Waals surface area contributed by atoms with Crippen LogP contribution in [0.15, 0.2) is 12.2 Å². The molecule has 2 atom stereocenters. The van der Waals surface area contributed by atoms with Gasteiger partial charge in [-0.15, -0.1) is 0 Å². The van der Waals surface area contributed by atoms with Crippen molar-refractivity contribution in [1.29, 1.82) is 0 Å². The van der Waals surface area contributed by atoms with E-state index in [-0.39, 0.29) is 11.3 Å². The van der Waals surface area contributed by atoms with Crippen molar-refractivity contribution in [3.05, 3.63) is 12.2 Å². The first-order chi connectivity index (χ1) is 8.02. The summed E-state index contributed by atoms with van der Waals surface area (Å²) in [5, 5.41) is 12.0. The minimum Gasteiger partial charge on any atom is -0.481 e. The van der Waals surface area contributed by atoms with Crippen molar-refractivity contribution in [2.24, 2.45) is 17.3 Å². The standard InChI is InChI=1S/C13H19NO3/c1-13(6-7-13)8-14-11(15)9-4-2-3-5-10(9)12(16)17/h2-3,9-10H,4-8H2,1H3,(H,14,15)(H,16,17). The van der Waals surface area contributed by atoms with Crippen LogP contribution in [0.3, 0.4) is 0 Å². The Bertz CT molecular complexity index is 358. The number of nitrogens with one attached hydrogen (secondary N) is 1. The number of carbonyl (C=O) groups excluding carboxylic acids is 1. The molecule has 2 unspecified atom stereocenters. The van der Waals surface area contributed by atoms with Crippen molar-refractivity contribution in [2.75, 3.05) is 6.54 Å². The zero-order chi connectivity index (χ0) is 12.5. The molecule has 0 aliphatic heterocycles. The van der Waals surface area contributed by atoms with Gasteiger partial charge in [0, 0.05) is 6.54 Å². The third kappa shape index (κ3) is 2.87. The average Bonchev–Trinajstić information content (AvgIpc) is 3.05. The Morgan fingerprint density at radius 1 is 1.29 bits per heavy atom. The summed E-state index contributed by atoms with van der Waals surface area (Å²) in [6.45, 7) is 2.82. The van der Waals surface area contributed by atoms with Gasteiger partial charge in [-0.1, -0.05) is 19.1 Å². The largest absolute Gasteiger partial charge is 0.481 e. The number of carbonyl (C=O) groups is 2.